The predicted octanol–water partition coefficient (Wildman–Crippen LogP) is 1.70. The molecule has 1 aliphatic carbocycles. The van der Waals surface area contributed by atoms with E-state index < -0.39 is 5.54 Å². The third-order valence-electron chi connectivity index (χ3n) is 3.39. The fourth-order valence-electron chi connectivity index (χ4n) is 2.60. The lowest BCUT2D eigenvalue weighted by molar-refractivity contribution is -0.151. The van der Waals surface area contributed by atoms with Gasteiger partial charge in [-0.3, -0.25) is 4.79 Å². The number of methoxy groups -OCH3 is 1. The zero-order valence-corrected chi connectivity index (χ0v) is 9.38. The molecule has 2 N–H and O–H groups in total. The molecule has 3 nitrogen and oxygen atoms in total. The van der Waals surface area contributed by atoms with Gasteiger partial charge in [-0.05, 0) is 24.7 Å². The van der Waals surface area contributed by atoms with E-state index in [9.17, 15) is 4.79 Å². The van der Waals surface area contributed by atoms with Gasteiger partial charge in [0.25, 0.3) is 0 Å². The summed E-state index contributed by atoms with van der Waals surface area (Å²) in [5, 5.41) is 0. The predicted molar refractivity (Wildman–Crippen MR) is 55.7 cm³/mol. The first-order valence-electron chi connectivity index (χ1n) is 5.39. The zero-order chi connectivity index (χ0) is 10.8. The van der Waals surface area contributed by atoms with E-state index in [0.717, 1.165) is 19.3 Å². The average molecular weight is 199 g/mol. The summed E-state index contributed by atoms with van der Waals surface area (Å²) in [6.45, 7) is 4.25. The normalized spacial score (nSPS) is 33.1. The van der Waals surface area contributed by atoms with Crippen molar-refractivity contribution in [2.75, 3.05) is 7.11 Å². The van der Waals surface area contributed by atoms with E-state index >= 15 is 0 Å². The highest BCUT2D eigenvalue weighted by Gasteiger charge is 2.45. The third kappa shape index (κ3) is 1.92. The maximum atomic E-state index is 11.7. The summed E-state index contributed by atoms with van der Waals surface area (Å²) in [5.74, 6) is 0.471. The first-order chi connectivity index (χ1) is 6.52. The number of rotatable bonds is 2. The highest BCUT2D eigenvalue weighted by molar-refractivity contribution is 5.81. The molecule has 0 radical (unpaired) electrons. The van der Waals surface area contributed by atoms with Crippen molar-refractivity contribution in [1.29, 1.82) is 0 Å². The number of carbonyl (C=O) groups is 1. The molecule has 82 valence electrons. The minimum absolute atomic E-state index is 0.240. The van der Waals surface area contributed by atoms with Gasteiger partial charge in [0, 0.05) is 0 Å². The van der Waals surface area contributed by atoms with Gasteiger partial charge in [0.1, 0.15) is 5.54 Å². The molecule has 0 aromatic carbocycles. The SMILES string of the molecule is COC(=O)C1(N)CCCCC1C(C)C. The number of ether oxygens (including phenoxy) is 1. The maximum absolute atomic E-state index is 11.7. The van der Waals surface area contributed by atoms with Crippen LogP contribution in [0.4, 0.5) is 0 Å². The second-order valence-corrected chi connectivity index (χ2v) is 4.63. The Labute approximate surface area is 86.0 Å². The van der Waals surface area contributed by atoms with Gasteiger partial charge < -0.3 is 10.5 Å². The summed E-state index contributed by atoms with van der Waals surface area (Å²) < 4.78 is 4.81. The number of hydrogen-bond acceptors (Lipinski definition) is 3. The second kappa shape index (κ2) is 4.30. The van der Waals surface area contributed by atoms with Crippen molar-refractivity contribution in [3.8, 4) is 0 Å². The minimum atomic E-state index is -0.735. The number of nitrogens with two attached hydrogens (primary N) is 1. The van der Waals surface area contributed by atoms with Crippen LogP contribution in [0.5, 0.6) is 0 Å². The van der Waals surface area contributed by atoms with E-state index in [1.807, 2.05) is 0 Å². The standard InChI is InChI=1S/C11H21NO2/c1-8(2)9-6-4-5-7-11(9,12)10(13)14-3/h8-9H,4-7,12H2,1-3H3. The molecule has 0 aromatic rings. The highest BCUT2D eigenvalue weighted by Crippen LogP contribution is 2.37. The van der Waals surface area contributed by atoms with E-state index in [1.54, 1.807) is 0 Å². The Bertz CT molecular complexity index is 215. The number of hydrogen-bond donors (Lipinski definition) is 1. The Kier molecular flexibility index (Phi) is 3.53. The van der Waals surface area contributed by atoms with Gasteiger partial charge >= 0.3 is 5.97 Å². The maximum Gasteiger partial charge on any atom is 0.326 e. The molecule has 14 heavy (non-hydrogen) atoms. The molecule has 0 spiro atoms. The van der Waals surface area contributed by atoms with Gasteiger partial charge in [0.05, 0.1) is 7.11 Å². The van der Waals surface area contributed by atoms with Gasteiger partial charge in [-0.2, -0.15) is 0 Å². The molecule has 0 amide bonds. The van der Waals surface area contributed by atoms with Crippen LogP contribution in [-0.4, -0.2) is 18.6 Å². The van der Waals surface area contributed by atoms with Gasteiger partial charge in [-0.15, -0.1) is 0 Å². The van der Waals surface area contributed by atoms with Crippen LogP contribution < -0.4 is 5.73 Å². The molecule has 1 rings (SSSR count). The molecular weight excluding hydrogens is 178 g/mol. The lowest BCUT2D eigenvalue weighted by Crippen LogP contribution is -2.57. The monoisotopic (exact) mass is 199 g/mol. The van der Waals surface area contributed by atoms with Crippen molar-refractivity contribution in [3.63, 3.8) is 0 Å². The lowest BCUT2D eigenvalue weighted by atomic mass is 9.68. The van der Waals surface area contributed by atoms with Gasteiger partial charge in [-0.25, -0.2) is 0 Å². The van der Waals surface area contributed by atoms with Crippen LogP contribution in [0.1, 0.15) is 39.5 Å². The van der Waals surface area contributed by atoms with Crippen LogP contribution in [0.3, 0.4) is 0 Å². The quantitative estimate of drug-likeness (QED) is 0.689. The van der Waals surface area contributed by atoms with E-state index in [2.05, 4.69) is 13.8 Å². The lowest BCUT2D eigenvalue weighted by Gasteiger charge is -2.40. The van der Waals surface area contributed by atoms with Crippen LogP contribution in [-0.2, 0) is 9.53 Å². The Morgan fingerprint density at radius 1 is 1.50 bits per heavy atom. The van der Waals surface area contributed by atoms with E-state index in [1.165, 1.54) is 13.5 Å². The summed E-state index contributed by atoms with van der Waals surface area (Å²) in [5.41, 5.74) is 5.45. The Balaban J connectivity index is 2.84. The van der Waals surface area contributed by atoms with E-state index in [4.69, 9.17) is 10.5 Å². The van der Waals surface area contributed by atoms with Crippen molar-refractivity contribution in [1.82, 2.24) is 0 Å². The fraction of sp³-hybridized carbons (Fsp3) is 0.909. The molecular formula is C11H21NO2. The van der Waals surface area contributed by atoms with Crippen molar-refractivity contribution in [2.24, 2.45) is 17.6 Å². The Morgan fingerprint density at radius 3 is 2.64 bits per heavy atom. The molecule has 1 saturated carbocycles. The first-order valence-corrected chi connectivity index (χ1v) is 5.39. The first kappa shape index (κ1) is 11.5. The second-order valence-electron chi connectivity index (χ2n) is 4.63. The molecule has 0 heterocycles. The fourth-order valence-corrected chi connectivity index (χ4v) is 2.60. The summed E-state index contributed by atoms with van der Waals surface area (Å²) in [7, 11) is 1.42. The Morgan fingerprint density at radius 2 is 2.14 bits per heavy atom. The molecule has 2 unspecified atom stereocenters. The minimum Gasteiger partial charge on any atom is -0.468 e. The summed E-state index contributed by atoms with van der Waals surface area (Å²) in [6.07, 6.45) is 4.03. The van der Waals surface area contributed by atoms with Crippen molar-refractivity contribution < 1.29 is 9.53 Å². The summed E-state index contributed by atoms with van der Waals surface area (Å²) in [4.78, 5) is 11.7. The summed E-state index contributed by atoms with van der Waals surface area (Å²) >= 11 is 0. The molecule has 0 bridgehead atoms. The van der Waals surface area contributed by atoms with Crippen LogP contribution >= 0.6 is 0 Å². The van der Waals surface area contributed by atoms with Crippen LogP contribution in [0.15, 0.2) is 0 Å². The summed E-state index contributed by atoms with van der Waals surface area (Å²) in [6, 6.07) is 0. The largest absolute Gasteiger partial charge is 0.468 e. The van der Waals surface area contributed by atoms with Gasteiger partial charge in [0.15, 0.2) is 0 Å². The van der Waals surface area contributed by atoms with Crippen LogP contribution in [0.25, 0.3) is 0 Å². The Hall–Kier alpha value is -0.570. The molecule has 1 fully saturated rings. The molecule has 0 saturated heterocycles. The zero-order valence-electron chi connectivity index (χ0n) is 9.38. The van der Waals surface area contributed by atoms with E-state index in [-0.39, 0.29) is 11.9 Å². The molecule has 1 aliphatic rings. The number of carbonyl (C=O) groups excluding carboxylic acids is 1. The molecule has 3 heteroatoms. The molecule has 0 aliphatic heterocycles. The number of esters is 1. The van der Waals surface area contributed by atoms with Gasteiger partial charge in [0.2, 0.25) is 0 Å². The molecule has 0 aromatic heterocycles. The topological polar surface area (TPSA) is 52.3 Å². The van der Waals surface area contributed by atoms with Crippen molar-refractivity contribution in [2.45, 2.75) is 45.1 Å². The van der Waals surface area contributed by atoms with Crippen molar-refractivity contribution >= 4 is 5.97 Å². The third-order valence-corrected chi connectivity index (χ3v) is 3.39. The van der Waals surface area contributed by atoms with E-state index in [0.29, 0.717) is 5.92 Å². The van der Waals surface area contributed by atoms with Crippen molar-refractivity contribution in [3.05, 3.63) is 0 Å². The van der Waals surface area contributed by atoms with Crippen LogP contribution in [0, 0.1) is 11.8 Å². The highest BCUT2D eigenvalue weighted by atomic mass is 16.5. The average Bonchev–Trinajstić information content (AvgIpc) is 2.16. The van der Waals surface area contributed by atoms with Gasteiger partial charge in [-0.1, -0.05) is 26.7 Å². The smallest absolute Gasteiger partial charge is 0.326 e. The molecule has 2 atom stereocenters. The van der Waals surface area contributed by atoms with Crippen LogP contribution in [0.2, 0.25) is 0 Å².